The first kappa shape index (κ1) is 19.6. The van der Waals surface area contributed by atoms with E-state index in [2.05, 4.69) is 15.3 Å². The smallest absolute Gasteiger partial charge is 0.417 e. The van der Waals surface area contributed by atoms with Crippen molar-refractivity contribution < 1.29 is 22.7 Å². The molecule has 3 rings (SSSR count). The molecule has 0 saturated carbocycles. The first-order chi connectivity index (χ1) is 13.3. The van der Waals surface area contributed by atoms with Crippen LogP contribution in [0.5, 0.6) is 0 Å². The van der Waals surface area contributed by atoms with Gasteiger partial charge in [-0.15, -0.1) is 0 Å². The van der Waals surface area contributed by atoms with Crippen molar-refractivity contribution in [2.45, 2.75) is 12.8 Å². The molecule has 2 aromatic carbocycles. The maximum absolute atomic E-state index is 12.9. The lowest BCUT2D eigenvalue weighted by Gasteiger charge is -2.12. The van der Waals surface area contributed by atoms with E-state index in [1.807, 2.05) is 0 Å². The highest BCUT2D eigenvalue weighted by Crippen LogP contribution is 2.36. The molecule has 0 saturated heterocycles. The standard InChI is InChI=1S/C19H13ClF3N3O2/c20-16-6-5-14(9-15(16)19(21,22)23)26-18(27)28-11-12-1-3-13(4-2-12)17-10-24-7-8-25-17/h1-10H,11H2,(H,26,27). The summed E-state index contributed by atoms with van der Waals surface area (Å²) in [4.78, 5) is 20.0. The summed E-state index contributed by atoms with van der Waals surface area (Å²) in [6.45, 7) is -0.0493. The number of nitrogens with one attached hydrogen (secondary N) is 1. The highest BCUT2D eigenvalue weighted by molar-refractivity contribution is 6.31. The molecular formula is C19H13ClF3N3O2. The molecule has 1 aromatic heterocycles. The first-order valence-electron chi connectivity index (χ1n) is 7.99. The van der Waals surface area contributed by atoms with E-state index in [9.17, 15) is 18.0 Å². The van der Waals surface area contributed by atoms with Crippen LogP contribution in [0.2, 0.25) is 5.02 Å². The molecule has 1 heterocycles. The molecule has 0 bridgehead atoms. The second-order valence-electron chi connectivity index (χ2n) is 5.68. The number of benzene rings is 2. The zero-order chi connectivity index (χ0) is 20.1. The van der Waals surface area contributed by atoms with E-state index in [1.165, 1.54) is 6.07 Å². The van der Waals surface area contributed by atoms with Crippen LogP contribution in [-0.2, 0) is 17.5 Å². The third kappa shape index (κ3) is 4.98. The van der Waals surface area contributed by atoms with E-state index in [-0.39, 0.29) is 12.3 Å². The van der Waals surface area contributed by atoms with Crippen molar-refractivity contribution in [1.29, 1.82) is 0 Å². The van der Waals surface area contributed by atoms with Crippen molar-refractivity contribution in [1.82, 2.24) is 9.97 Å². The highest BCUT2D eigenvalue weighted by atomic mass is 35.5. The molecule has 28 heavy (non-hydrogen) atoms. The molecule has 3 aromatic rings. The number of carbonyl (C=O) groups is 1. The Morgan fingerprint density at radius 3 is 2.50 bits per heavy atom. The lowest BCUT2D eigenvalue weighted by molar-refractivity contribution is -0.137. The van der Waals surface area contributed by atoms with Gasteiger partial charge < -0.3 is 4.74 Å². The molecule has 0 unspecified atom stereocenters. The average Bonchev–Trinajstić information content (AvgIpc) is 2.68. The number of alkyl halides is 3. The molecule has 0 aliphatic rings. The predicted molar refractivity (Wildman–Crippen MR) is 97.7 cm³/mol. The van der Waals surface area contributed by atoms with Gasteiger partial charge in [-0.25, -0.2) is 4.79 Å². The third-order valence-corrected chi connectivity index (χ3v) is 4.03. The lowest BCUT2D eigenvalue weighted by Crippen LogP contribution is -2.14. The number of nitrogens with zero attached hydrogens (tertiary/aromatic N) is 2. The van der Waals surface area contributed by atoms with Gasteiger partial charge in [-0.3, -0.25) is 15.3 Å². The minimum absolute atomic E-state index is 0.0493. The van der Waals surface area contributed by atoms with E-state index in [0.29, 0.717) is 11.3 Å². The van der Waals surface area contributed by atoms with E-state index in [4.69, 9.17) is 16.3 Å². The summed E-state index contributed by atoms with van der Waals surface area (Å²) < 4.78 is 43.6. The van der Waals surface area contributed by atoms with Gasteiger partial charge in [-0.2, -0.15) is 13.2 Å². The number of carbonyl (C=O) groups excluding carboxylic acids is 1. The van der Waals surface area contributed by atoms with Gasteiger partial charge in [-0.1, -0.05) is 35.9 Å². The molecule has 0 spiro atoms. The molecule has 5 nitrogen and oxygen atoms in total. The Morgan fingerprint density at radius 2 is 1.86 bits per heavy atom. The summed E-state index contributed by atoms with van der Waals surface area (Å²) in [7, 11) is 0. The largest absolute Gasteiger partial charge is 0.444 e. The molecule has 0 aliphatic heterocycles. The Kier molecular flexibility index (Phi) is 5.79. The van der Waals surface area contributed by atoms with E-state index in [0.717, 1.165) is 17.7 Å². The van der Waals surface area contributed by atoms with Crippen LogP contribution in [0.1, 0.15) is 11.1 Å². The van der Waals surface area contributed by atoms with Crippen molar-refractivity contribution in [3.8, 4) is 11.3 Å². The van der Waals surface area contributed by atoms with Gasteiger partial charge in [0.1, 0.15) is 6.61 Å². The molecule has 1 amide bonds. The number of anilines is 1. The van der Waals surface area contributed by atoms with Crippen LogP contribution in [0.15, 0.2) is 61.1 Å². The monoisotopic (exact) mass is 407 g/mol. The lowest BCUT2D eigenvalue weighted by atomic mass is 10.1. The Morgan fingerprint density at radius 1 is 1.11 bits per heavy atom. The summed E-state index contributed by atoms with van der Waals surface area (Å²) in [6.07, 6.45) is -0.724. The fourth-order valence-corrected chi connectivity index (χ4v) is 2.57. The van der Waals surface area contributed by atoms with Crippen molar-refractivity contribution >= 4 is 23.4 Å². The number of halogens is 4. The van der Waals surface area contributed by atoms with E-state index >= 15 is 0 Å². The van der Waals surface area contributed by atoms with Gasteiger partial charge in [0.25, 0.3) is 0 Å². The molecule has 144 valence electrons. The SMILES string of the molecule is O=C(Nc1ccc(Cl)c(C(F)(F)F)c1)OCc1ccc(-c2cnccn2)cc1. The van der Waals surface area contributed by atoms with E-state index < -0.39 is 22.9 Å². The van der Waals surface area contributed by atoms with Gasteiger partial charge in [0.05, 0.1) is 22.5 Å². The quantitative estimate of drug-likeness (QED) is 0.614. The fourth-order valence-electron chi connectivity index (χ4n) is 2.34. The zero-order valence-corrected chi connectivity index (χ0v) is 15.0. The normalized spacial score (nSPS) is 11.1. The zero-order valence-electron chi connectivity index (χ0n) is 14.2. The Balaban J connectivity index is 1.59. The van der Waals surface area contributed by atoms with Crippen LogP contribution >= 0.6 is 11.6 Å². The Bertz CT molecular complexity index is 964. The van der Waals surface area contributed by atoms with Crippen LogP contribution in [0.25, 0.3) is 11.3 Å². The molecule has 0 fully saturated rings. The first-order valence-corrected chi connectivity index (χ1v) is 8.36. The molecule has 1 N–H and O–H groups in total. The minimum atomic E-state index is -4.62. The van der Waals surface area contributed by atoms with Crippen molar-refractivity contribution in [3.05, 3.63) is 77.2 Å². The van der Waals surface area contributed by atoms with Gasteiger partial charge in [-0.05, 0) is 23.8 Å². The number of rotatable bonds is 4. The van der Waals surface area contributed by atoms with Crippen molar-refractivity contribution in [2.24, 2.45) is 0 Å². The summed E-state index contributed by atoms with van der Waals surface area (Å²) in [5, 5.41) is 1.80. The molecular weight excluding hydrogens is 395 g/mol. The summed E-state index contributed by atoms with van der Waals surface area (Å²) in [6, 6.07) is 10.2. The molecule has 0 atom stereocenters. The van der Waals surface area contributed by atoms with Gasteiger partial charge in [0, 0.05) is 23.6 Å². The fraction of sp³-hybridized carbons (Fsp3) is 0.105. The third-order valence-electron chi connectivity index (χ3n) is 3.70. The molecule has 9 heteroatoms. The van der Waals surface area contributed by atoms with Crippen LogP contribution in [0.4, 0.5) is 23.7 Å². The van der Waals surface area contributed by atoms with Crippen LogP contribution in [0, 0.1) is 0 Å². The maximum Gasteiger partial charge on any atom is 0.417 e. The summed E-state index contributed by atoms with van der Waals surface area (Å²) in [5.41, 5.74) is 1.15. The number of hydrogen-bond acceptors (Lipinski definition) is 4. The Hall–Kier alpha value is -3.13. The summed E-state index contributed by atoms with van der Waals surface area (Å²) in [5.74, 6) is 0. The van der Waals surface area contributed by atoms with Crippen LogP contribution < -0.4 is 5.32 Å². The number of amides is 1. The van der Waals surface area contributed by atoms with Gasteiger partial charge >= 0.3 is 12.3 Å². The maximum atomic E-state index is 12.9. The second-order valence-corrected chi connectivity index (χ2v) is 6.09. The predicted octanol–water partition coefficient (Wildman–Crippen LogP) is 5.56. The summed E-state index contributed by atoms with van der Waals surface area (Å²) >= 11 is 5.54. The van der Waals surface area contributed by atoms with Gasteiger partial charge in [0.2, 0.25) is 0 Å². The number of ether oxygens (including phenoxy) is 1. The highest BCUT2D eigenvalue weighted by Gasteiger charge is 2.33. The molecule has 0 radical (unpaired) electrons. The van der Waals surface area contributed by atoms with Crippen molar-refractivity contribution in [2.75, 3.05) is 5.32 Å². The second kappa shape index (κ2) is 8.26. The van der Waals surface area contributed by atoms with Crippen LogP contribution in [0.3, 0.4) is 0 Å². The average molecular weight is 408 g/mol. The number of aromatic nitrogens is 2. The number of hydrogen-bond donors (Lipinski definition) is 1. The van der Waals surface area contributed by atoms with Crippen molar-refractivity contribution in [3.63, 3.8) is 0 Å². The topological polar surface area (TPSA) is 64.1 Å². The van der Waals surface area contributed by atoms with E-state index in [1.54, 1.807) is 42.9 Å². The van der Waals surface area contributed by atoms with Gasteiger partial charge in [0.15, 0.2) is 0 Å². The molecule has 0 aliphatic carbocycles. The Labute approximate surface area is 163 Å². The minimum Gasteiger partial charge on any atom is -0.444 e. The van der Waals surface area contributed by atoms with Crippen LogP contribution in [-0.4, -0.2) is 16.1 Å².